The minimum Gasteiger partial charge on any atom is -0.365 e. The molecule has 6 heteroatoms. The summed E-state index contributed by atoms with van der Waals surface area (Å²) in [6.07, 6.45) is 4.46. The van der Waals surface area contributed by atoms with Crippen molar-refractivity contribution in [3.8, 4) is 0 Å². The number of fused-ring (bicyclic) bond motifs is 4. The minimum absolute atomic E-state index is 0.00439. The van der Waals surface area contributed by atoms with Gasteiger partial charge >= 0.3 is 0 Å². The molecule has 1 aromatic carbocycles. The molecule has 2 N–H and O–H groups in total. The zero-order valence-electron chi connectivity index (χ0n) is 14.4. The van der Waals surface area contributed by atoms with Crippen LogP contribution in [0.3, 0.4) is 0 Å². The molecule has 0 radical (unpaired) electrons. The number of anilines is 1. The number of halogens is 1. The number of piperidine rings is 3. The highest BCUT2D eigenvalue weighted by Crippen LogP contribution is 2.38. The molecule has 2 bridgehead atoms. The minimum atomic E-state index is -0.292. The van der Waals surface area contributed by atoms with Crippen LogP contribution in [0.1, 0.15) is 41.6 Å². The molecule has 5 heterocycles. The number of hydrogen-bond donors (Lipinski definition) is 2. The Bertz CT molecular complexity index is 695. The number of nitrogens with zero attached hydrogens (tertiary/aromatic N) is 2. The number of piperazine rings is 1. The molecule has 1 aromatic rings. The van der Waals surface area contributed by atoms with Gasteiger partial charge < -0.3 is 20.4 Å². The molecule has 0 saturated carbocycles. The molecule has 0 aliphatic carbocycles. The number of amides is 1. The van der Waals surface area contributed by atoms with Crippen molar-refractivity contribution >= 4 is 11.6 Å². The van der Waals surface area contributed by atoms with Gasteiger partial charge in [-0.05, 0) is 44.4 Å². The largest absolute Gasteiger partial charge is 0.365 e. The summed E-state index contributed by atoms with van der Waals surface area (Å²) in [4.78, 5) is 17.3. The van der Waals surface area contributed by atoms with Gasteiger partial charge in [0.2, 0.25) is 0 Å². The number of nitrogens with one attached hydrogen (secondary N) is 2. The van der Waals surface area contributed by atoms with Gasteiger partial charge in [-0.1, -0.05) is 0 Å². The van der Waals surface area contributed by atoms with Crippen molar-refractivity contribution in [2.75, 3.05) is 31.1 Å². The van der Waals surface area contributed by atoms with Crippen LogP contribution in [0, 0.1) is 5.82 Å². The third kappa shape index (κ3) is 2.54. The number of rotatable bonds is 2. The molecule has 1 amide bonds. The van der Waals surface area contributed by atoms with E-state index in [9.17, 15) is 9.18 Å². The fraction of sp³-hybridized carbons (Fsp3) is 0.632. The lowest BCUT2D eigenvalue weighted by molar-refractivity contribution is 0.0674. The summed E-state index contributed by atoms with van der Waals surface area (Å²) in [5.41, 5.74) is 2.56. The van der Waals surface area contributed by atoms with E-state index in [0.29, 0.717) is 24.2 Å². The Morgan fingerprint density at radius 3 is 2.64 bits per heavy atom. The lowest BCUT2D eigenvalue weighted by Crippen LogP contribution is -2.61. The number of carbonyl (C=O) groups is 1. The predicted molar refractivity (Wildman–Crippen MR) is 94.3 cm³/mol. The molecule has 0 spiro atoms. The Morgan fingerprint density at radius 1 is 1.08 bits per heavy atom. The maximum atomic E-state index is 14.3. The molecule has 5 aliphatic rings. The van der Waals surface area contributed by atoms with Crippen molar-refractivity contribution in [1.29, 1.82) is 0 Å². The van der Waals surface area contributed by atoms with Gasteiger partial charge in [0.05, 0.1) is 0 Å². The van der Waals surface area contributed by atoms with Gasteiger partial charge in [-0.2, -0.15) is 0 Å². The van der Waals surface area contributed by atoms with Crippen LogP contribution in [0.4, 0.5) is 10.1 Å². The second-order valence-corrected chi connectivity index (χ2v) is 7.87. The Labute approximate surface area is 147 Å². The summed E-state index contributed by atoms with van der Waals surface area (Å²) in [7, 11) is 0. The highest BCUT2D eigenvalue weighted by Gasteiger charge is 2.39. The summed E-state index contributed by atoms with van der Waals surface area (Å²) in [5.74, 6) is -0.287. The van der Waals surface area contributed by atoms with E-state index in [1.807, 2.05) is 4.90 Å². The Hall–Kier alpha value is -1.66. The van der Waals surface area contributed by atoms with E-state index in [1.165, 1.54) is 12.5 Å². The maximum absolute atomic E-state index is 14.3. The number of carbonyl (C=O) groups excluding carboxylic acids is 1. The highest BCUT2D eigenvalue weighted by atomic mass is 19.1. The van der Waals surface area contributed by atoms with Crippen LogP contribution in [0.25, 0.3) is 0 Å². The number of hydrogen-bond acceptors (Lipinski definition) is 4. The molecule has 3 atom stereocenters. The van der Waals surface area contributed by atoms with Crippen LogP contribution in [-0.2, 0) is 6.54 Å². The third-order valence-electron chi connectivity index (χ3n) is 6.38. The summed E-state index contributed by atoms with van der Waals surface area (Å²) in [5, 5.41) is 6.93. The highest BCUT2D eigenvalue weighted by molar-refractivity contribution is 6.00. The van der Waals surface area contributed by atoms with Gasteiger partial charge in [0.25, 0.3) is 5.91 Å². The van der Waals surface area contributed by atoms with E-state index in [0.717, 1.165) is 56.7 Å². The van der Waals surface area contributed by atoms with Crippen molar-refractivity contribution in [3.05, 3.63) is 29.1 Å². The smallest absolute Gasteiger partial charge is 0.254 e. The quantitative estimate of drug-likeness (QED) is 0.853. The summed E-state index contributed by atoms with van der Waals surface area (Å²) in [6.45, 7) is 4.36. The molecule has 4 saturated heterocycles. The Balaban J connectivity index is 1.49. The molecule has 5 aliphatic heterocycles. The van der Waals surface area contributed by atoms with Gasteiger partial charge in [-0.15, -0.1) is 0 Å². The fourth-order valence-electron chi connectivity index (χ4n) is 5.03. The van der Waals surface area contributed by atoms with Gasteiger partial charge in [-0.3, -0.25) is 4.79 Å². The molecular formula is C19H25FN4O. The zero-order chi connectivity index (χ0) is 17.0. The zero-order valence-corrected chi connectivity index (χ0v) is 14.4. The standard InChI is InChI=1S/C19H25FN4O/c20-12-6-16-17(11-24(19(16)25)14-2-1-5-21-8-14)18(7-12)23-10-13-3-4-15(23)9-22-13/h6-7,13-15,21-22H,1-5,8-11H2. The van der Waals surface area contributed by atoms with Crippen LogP contribution in [0.15, 0.2) is 12.1 Å². The van der Waals surface area contributed by atoms with Crippen LogP contribution in [0.2, 0.25) is 0 Å². The lowest BCUT2D eigenvalue weighted by atomic mass is 9.91. The average Bonchev–Trinajstić information content (AvgIpc) is 2.99. The second-order valence-electron chi connectivity index (χ2n) is 7.87. The van der Waals surface area contributed by atoms with Crippen molar-refractivity contribution in [2.24, 2.45) is 0 Å². The molecule has 4 fully saturated rings. The van der Waals surface area contributed by atoms with Gasteiger partial charge in [-0.25, -0.2) is 4.39 Å². The first-order valence-electron chi connectivity index (χ1n) is 9.55. The summed E-state index contributed by atoms with van der Waals surface area (Å²) in [6, 6.07) is 4.22. The summed E-state index contributed by atoms with van der Waals surface area (Å²) < 4.78 is 14.3. The van der Waals surface area contributed by atoms with E-state index in [1.54, 1.807) is 6.07 Å². The molecule has 0 aromatic heterocycles. The van der Waals surface area contributed by atoms with E-state index in [4.69, 9.17) is 0 Å². The fourth-order valence-corrected chi connectivity index (χ4v) is 5.03. The third-order valence-corrected chi connectivity index (χ3v) is 6.38. The maximum Gasteiger partial charge on any atom is 0.254 e. The van der Waals surface area contributed by atoms with Crippen LogP contribution < -0.4 is 15.5 Å². The molecule has 25 heavy (non-hydrogen) atoms. The van der Waals surface area contributed by atoms with Crippen LogP contribution >= 0.6 is 0 Å². The van der Waals surface area contributed by atoms with Gasteiger partial charge in [0.15, 0.2) is 0 Å². The molecule has 134 valence electrons. The topological polar surface area (TPSA) is 47.6 Å². The van der Waals surface area contributed by atoms with Crippen molar-refractivity contribution in [1.82, 2.24) is 15.5 Å². The average molecular weight is 344 g/mol. The molecule has 3 unspecified atom stereocenters. The van der Waals surface area contributed by atoms with Crippen molar-refractivity contribution < 1.29 is 9.18 Å². The first-order chi connectivity index (χ1) is 12.2. The van der Waals surface area contributed by atoms with Crippen molar-refractivity contribution in [2.45, 2.75) is 50.4 Å². The molecule has 6 rings (SSSR count). The first-order valence-corrected chi connectivity index (χ1v) is 9.55. The summed E-state index contributed by atoms with van der Waals surface area (Å²) >= 11 is 0. The number of benzene rings is 1. The van der Waals surface area contributed by atoms with E-state index in [2.05, 4.69) is 15.5 Å². The van der Waals surface area contributed by atoms with E-state index >= 15 is 0 Å². The van der Waals surface area contributed by atoms with Gasteiger partial charge in [0, 0.05) is 61.1 Å². The monoisotopic (exact) mass is 344 g/mol. The normalized spacial score (nSPS) is 31.6. The first kappa shape index (κ1) is 15.6. The lowest BCUT2D eigenvalue weighted by Gasteiger charge is -2.47. The molecule has 5 nitrogen and oxygen atoms in total. The Kier molecular flexibility index (Phi) is 3.71. The van der Waals surface area contributed by atoms with Crippen LogP contribution in [-0.4, -0.2) is 55.1 Å². The van der Waals surface area contributed by atoms with Crippen LogP contribution in [0.5, 0.6) is 0 Å². The van der Waals surface area contributed by atoms with E-state index < -0.39 is 0 Å². The SMILES string of the molecule is O=C1c2cc(F)cc(N3CC4CCC3CN4)c2CN1C1CCCNC1. The van der Waals surface area contributed by atoms with Crippen molar-refractivity contribution in [3.63, 3.8) is 0 Å². The second kappa shape index (κ2) is 5.95. The molecular weight excluding hydrogens is 319 g/mol. The Morgan fingerprint density at radius 2 is 1.96 bits per heavy atom. The van der Waals surface area contributed by atoms with E-state index in [-0.39, 0.29) is 17.8 Å². The van der Waals surface area contributed by atoms with Gasteiger partial charge in [0.1, 0.15) is 5.82 Å². The predicted octanol–water partition coefficient (Wildman–Crippen LogP) is 1.47.